The van der Waals surface area contributed by atoms with Crippen molar-refractivity contribution in [3.63, 3.8) is 0 Å². The summed E-state index contributed by atoms with van der Waals surface area (Å²) in [5.41, 5.74) is 1.45. The molecule has 0 radical (unpaired) electrons. The largest absolute Gasteiger partial charge is 0.395 e. The Morgan fingerprint density at radius 2 is 2.00 bits per heavy atom. The van der Waals surface area contributed by atoms with Gasteiger partial charge in [-0.15, -0.1) is 0 Å². The van der Waals surface area contributed by atoms with E-state index in [-0.39, 0.29) is 22.9 Å². The van der Waals surface area contributed by atoms with Crippen molar-refractivity contribution in [3.05, 3.63) is 11.6 Å². The summed E-state index contributed by atoms with van der Waals surface area (Å²) in [4.78, 5) is 12.4. The van der Waals surface area contributed by atoms with Crippen molar-refractivity contribution in [3.8, 4) is 0 Å². The highest BCUT2D eigenvalue weighted by Gasteiger charge is 2.59. The Labute approximate surface area is 122 Å². The Bertz CT molecular complexity index is 462. The molecule has 3 aliphatic rings. The third-order valence-corrected chi connectivity index (χ3v) is 6.84. The lowest BCUT2D eigenvalue weighted by molar-refractivity contribution is -0.142. The molecule has 2 unspecified atom stereocenters. The Morgan fingerprint density at radius 3 is 2.70 bits per heavy atom. The van der Waals surface area contributed by atoms with Crippen LogP contribution in [-0.2, 0) is 4.79 Å². The molecule has 0 saturated heterocycles. The molecule has 20 heavy (non-hydrogen) atoms. The Balaban J connectivity index is 2.07. The highest BCUT2D eigenvalue weighted by atomic mass is 16.3. The normalized spacial score (nSPS) is 43.5. The summed E-state index contributed by atoms with van der Waals surface area (Å²) in [7, 11) is 0. The van der Waals surface area contributed by atoms with Crippen LogP contribution in [0.2, 0.25) is 0 Å². The molecule has 1 N–H and O–H groups in total. The van der Waals surface area contributed by atoms with E-state index in [4.69, 9.17) is 0 Å². The van der Waals surface area contributed by atoms with E-state index < -0.39 is 0 Å². The number of carbonyl (C=O) groups is 1. The number of carbonyl (C=O) groups excluding carboxylic acids is 1. The average Bonchev–Trinajstić information content (AvgIpc) is 2.43. The van der Waals surface area contributed by atoms with Gasteiger partial charge in [-0.1, -0.05) is 32.4 Å². The average molecular weight is 276 g/mol. The summed E-state index contributed by atoms with van der Waals surface area (Å²) >= 11 is 0. The van der Waals surface area contributed by atoms with Gasteiger partial charge in [0.15, 0.2) is 0 Å². The molecule has 2 nitrogen and oxygen atoms in total. The highest BCUT2D eigenvalue weighted by molar-refractivity contribution is 5.85. The van der Waals surface area contributed by atoms with Gasteiger partial charge in [0.2, 0.25) is 0 Å². The Morgan fingerprint density at radius 1 is 1.25 bits per heavy atom. The molecule has 3 aliphatic carbocycles. The second-order valence-electron chi connectivity index (χ2n) is 8.10. The number of aliphatic hydroxyl groups is 1. The molecule has 3 rings (SSSR count). The second kappa shape index (κ2) is 4.43. The van der Waals surface area contributed by atoms with Crippen molar-refractivity contribution in [1.29, 1.82) is 0 Å². The first-order valence-corrected chi connectivity index (χ1v) is 8.22. The number of ketones is 1. The van der Waals surface area contributed by atoms with Gasteiger partial charge < -0.3 is 5.11 Å². The third-order valence-electron chi connectivity index (χ3n) is 6.84. The monoisotopic (exact) mass is 276 g/mol. The molecule has 0 aromatic heterocycles. The van der Waals surface area contributed by atoms with E-state index in [2.05, 4.69) is 26.8 Å². The molecular weight excluding hydrogens is 248 g/mol. The van der Waals surface area contributed by atoms with Gasteiger partial charge in [0.25, 0.3) is 0 Å². The summed E-state index contributed by atoms with van der Waals surface area (Å²) in [5, 5.41) is 10.1. The molecule has 0 bridgehead atoms. The van der Waals surface area contributed by atoms with Crippen molar-refractivity contribution >= 4 is 5.78 Å². The number of Topliss-reactive ketones (excluding diaryl/α,β-unsaturated/α-hetero) is 1. The summed E-state index contributed by atoms with van der Waals surface area (Å²) in [6, 6.07) is 0. The summed E-state index contributed by atoms with van der Waals surface area (Å²) in [6.07, 6.45) is 9.73. The molecule has 0 amide bonds. The van der Waals surface area contributed by atoms with Crippen LogP contribution < -0.4 is 0 Å². The fraction of sp³-hybridized carbons (Fsp3) is 0.833. The van der Waals surface area contributed by atoms with Crippen LogP contribution in [-0.4, -0.2) is 17.5 Å². The first kappa shape index (κ1) is 14.3. The number of allylic oxidation sites excluding steroid dienone is 1. The van der Waals surface area contributed by atoms with Crippen LogP contribution in [0.15, 0.2) is 11.6 Å². The van der Waals surface area contributed by atoms with Gasteiger partial charge in [-0.2, -0.15) is 0 Å². The van der Waals surface area contributed by atoms with Crippen LogP contribution in [0.1, 0.15) is 65.7 Å². The van der Waals surface area contributed by atoms with Gasteiger partial charge in [-0.25, -0.2) is 0 Å². The summed E-state index contributed by atoms with van der Waals surface area (Å²) in [6.45, 7) is 6.95. The maximum Gasteiger partial charge on any atom is 0.138 e. The number of hydrogen-bond acceptors (Lipinski definition) is 2. The molecule has 0 aromatic rings. The fourth-order valence-electron chi connectivity index (χ4n) is 5.66. The SMILES string of the molecule is CC1(C)C(=O)CCC2(C)C3=CCCCC3(CO)CC[C@H]12. The van der Waals surface area contributed by atoms with Crippen molar-refractivity contribution in [2.45, 2.75) is 65.7 Å². The lowest BCUT2D eigenvalue weighted by Crippen LogP contribution is -2.55. The zero-order valence-electron chi connectivity index (χ0n) is 13.2. The van der Waals surface area contributed by atoms with Gasteiger partial charge in [0.1, 0.15) is 5.78 Å². The zero-order chi connectivity index (χ0) is 14.6. The van der Waals surface area contributed by atoms with Gasteiger partial charge in [-0.3, -0.25) is 4.79 Å². The van der Waals surface area contributed by atoms with E-state index in [1.165, 1.54) is 12.0 Å². The molecule has 0 heterocycles. The quantitative estimate of drug-likeness (QED) is 0.738. The Hall–Kier alpha value is -0.630. The molecule has 2 fully saturated rings. The number of fused-ring (bicyclic) bond motifs is 3. The zero-order valence-corrected chi connectivity index (χ0v) is 13.2. The van der Waals surface area contributed by atoms with Crippen LogP contribution in [0.3, 0.4) is 0 Å². The lowest BCUT2D eigenvalue weighted by Gasteiger charge is -2.60. The van der Waals surface area contributed by atoms with Crippen LogP contribution >= 0.6 is 0 Å². The summed E-state index contributed by atoms with van der Waals surface area (Å²) < 4.78 is 0. The number of aliphatic hydroxyl groups excluding tert-OH is 1. The van der Waals surface area contributed by atoms with Crippen molar-refractivity contribution in [2.75, 3.05) is 6.61 Å². The minimum Gasteiger partial charge on any atom is -0.395 e. The minimum absolute atomic E-state index is 0.0277. The van der Waals surface area contributed by atoms with E-state index >= 15 is 0 Å². The van der Waals surface area contributed by atoms with E-state index in [1.807, 2.05) is 0 Å². The van der Waals surface area contributed by atoms with Gasteiger partial charge in [-0.05, 0) is 49.9 Å². The van der Waals surface area contributed by atoms with Crippen molar-refractivity contribution in [1.82, 2.24) is 0 Å². The molecule has 3 atom stereocenters. The van der Waals surface area contributed by atoms with Crippen molar-refractivity contribution < 1.29 is 9.90 Å². The van der Waals surface area contributed by atoms with Crippen molar-refractivity contribution in [2.24, 2.45) is 22.2 Å². The van der Waals surface area contributed by atoms with Gasteiger partial charge in [0.05, 0.1) is 6.61 Å². The van der Waals surface area contributed by atoms with Crippen LogP contribution in [0.5, 0.6) is 0 Å². The molecule has 112 valence electrons. The third kappa shape index (κ3) is 1.70. The van der Waals surface area contributed by atoms with Crippen LogP contribution in [0.25, 0.3) is 0 Å². The minimum atomic E-state index is -0.201. The van der Waals surface area contributed by atoms with Gasteiger partial charge >= 0.3 is 0 Å². The van der Waals surface area contributed by atoms with E-state index in [0.717, 1.165) is 32.1 Å². The highest BCUT2D eigenvalue weighted by Crippen LogP contribution is 2.65. The predicted molar refractivity (Wildman–Crippen MR) is 80.3 cm³/mol. The standard InChI is InChI=1S/C18H28O2/c1-16(2)13-7-11-18(12-19)9-5-4-6-14(18)17(13,3)10-8-15(16)20/h6,13,19H,4-5,7-12H2,1-3H3/t13-,17?,18?/m1/s1. The van der Waals surface area contributed by atoms with E-state index in [0.29, 0.717) is 18.1 Å². The smallest absolute Gasteiger partial charge is 0.138 e. The topological polar surface area (TPSA) is 37.3 Å². The summed E-state index contributed by atoms with van der Waals surface area (Å²) in [5.74, 6) is 0.883. The maximum absolute atomic E-state index is 12.4. The molecule has 2 heteroatoms. The molecule has 0 aromatic carbocycles. The van der Waals surface area contributed by atoms with Crippen LogP contribution in [0.4, 0.5) is 0 Å². The Kier molecular flexibility index (Phi) is 3.17. The van der Waals surface area contributed by atoms with Gasteiger partial charge in [0, 0.05) is 17.3 Å². The molecule has 0 spiro atoms. The number of rotatable bonds is 1. The second-order valence-corrected chi connectivity index (χ2v) is 8.10. The van der Waals surface area contributed by atoms with Crippen LogP contribution in [0, 0.1) is 22.2 Å². The maximum atomic E-state index is 12.4. The van der Waals surface area contributed by atoms with E-state index in [9.17, 15) is 9.90 Å². The predicted octanol–water partition coefficient (Wildman–Crippen LogP) is 3.88. The first-order valence-electron chi connectivity index (χ1n) is 8.22. The lowest BCUT2D eigenvalue weighted by atomic mass is 9.44. The molecule has 0 aliphatic heterocycles. The fourth-order valence-corrected chi connectivity index (χ4v) is 5.66. The molecular formula is C18H28O2. The first-order chi connectivity index (χ1) is 9.37. The molecule has 2 saturated carbocycles. The number of hydrogen-bond donors (Lipinski definition) is 1. The van der Waals surface area contributed by atoms with E-state index in [1.54, 1.807) is 0 Å².